The van der Waals surface area contributed by atoms with Gasteiger partial charge in [0.1, 0.15) is 0 Å². The molecule has 1 unspecified atom stereocenters. The number of rotatable bonds is 2. The molecule has 41 heavy (non-hydrogen) atoms. The first kappa shape index (κ1) is 23.1. The van der Waals surface area contributed by atoms with Crippen LogP contribution in [0.25, 0.3) is 54.9 Å². The van der Waals surface area contributed by atoms with Crippen molar-refractivity contribution in [2.45, 2.75) is 22.1 Å². The lowest BCUT2D eigenvalue weighted by molar-refractivity contribution is 0.714. The van der Waals surface area contributed by atoms with Crippen LogP contribution in [0.15, 0.2) is 149 Å². The van der Waals surface area contributed by atoms with E-state index in [1.165, 1.54) is 81.4 Å². The molecule has 192 valence electrons. The molecule has 7 aromatic rings. The highest BCUT2D eigenvalue weighted by molar-refractivity contribution is 7.99. The molecule has 0 amide bonds. The van der Waals surface area contributed by atoms with Gasteiger partial charge in [-0.3, -0.25) is 0 Å². The van der Waals surface area contributed by atoms with Crippen LogP contribution in [0.1, 0.15) is 23.6 Å². The smallest absolute Gasteiger partial charge is 0.0435 e. The van der Waals surface area contributed by atoms with Gasteiger partial charge in [-0.15, -0.1) is 0 Å². The van der Waals surface area contributed by atoms with Gasteiger partial charge >= 0.3 is 0 Å². The predicted molar refractivity (Wildman–Crippen MR) is 174 cm³/mol. The Labute approximate surface area is 244 Å². The molecule has 0 saturated carbocycles. The second kappa shape index (κ2) is 8.46. The molecule has 0 bridgehead atoms. The zero-order chi connectivity index (χ0) is 27.1. The first-order valence-electron chi connectivity index (χ1n) is 14.3. The second-order valence-electron chi connectivity index (χ2n) is 11.4. The van der Waals surface area contributed by atoms with Crippen molar-refractivity contribution in [2.75, 3.05) is 0 Å². The molecular formula is C40H26S. The largest absolute Gasteiger partial charge is 0.0888 e. The summed E-state index contributed by atoms with van der Waals surface area (Å²) in [6.07, 6.45) is 0. The first-order valence-corrected chi connectivity index (χ1v) is 15.1. The Hall–Kier alpha value is -4.59. The fraction of sp³-hybridized carbons (Fsp3) is 0.0500. The fourth-order valence-corrected chi connectivity index (χ4v) is 8.43. The standard InChI is InChI=1S/C40H26S/c1-40(29-12-3-2-4-13-29)34-21-18-25-9-5-6-14-30(25)39(34)32-20-17-28(24-35(32)40)27-19-22-36-33(23-27)31-15-7-10-26-11-8-16-37(41-36)38(26)31/h2-24H,1H3. The summed E-state index contributed by atoms with van der Waals surface area (Å²) in [6.45, 7) is 2.41. The summed E-state index contributed by atoms with van der Waals surface area (Å²) in [5.41, 5.74) is 11.8. The normalized spacial score (nSPS) is 16.4. The SMILES string of the molecule is CC1(c2ccccc2)c2cc(-c3ccc4c(c3)-c3cccc5cccc(c35)S4)ccc2-c2c1ccc1ccccc21. The van der Waals surface area contributed by atoms with Crippen LogP contribution in [-0.4, -0.2) is 0 Å². The van der Waals surface area contributed by atoms with E-state index in [0.29, 0.717) is 0 Å². The quantitative estimate of drug-likeness (QED) is 0.211. The van der Waals surface area contributed by atoms with E-state index in [-0.39, 0.29) is 5.41 Å². The number of hydrogen-bond donors (Lipinski definition) is 0. The maximum absolute atomic E-state index is 2.46. The molecule has 0 aromatic heterocycles. The fourth-order valence-electron chi connectivity index (χ4n) is 7.31. The monoisotopic (exact) mass is 538 g/mol. The molecule has 1 aliphatic heterocycles. The summed E-state index contributed by atoms with van der Waals surface area (Å²) in [6, 6.07) is 52.0. The van der Waals surface area contributed by atoms with Gasteiger partial charge in [0.15, 0.2) is 0 Å². The minimum Gasteiger partial charge on any atom is -0.0888 e. The van der Waals surface area contributed by atoms with Gasteiger partial charge in [-0.2, -0.15) is 0 Å². The van der Waals surface area contributed by atoms with Gasteiger partial charge in [0.25, 0.3) is 0 Å². The van der Waals surface area contributed by atoms with E-state index < -0.39 is 0 Å². The van der Waals surface area contributed by atoms with Gasteiger partial charge in [0.2, 0.25) is 0 Å². The van der Waals surface area contributed by atoms with Crippen LogP contribution in [0.5, 0.6) is 0 Å². The average Bonchev–Trinajstić information content (AvgIpc) is 3.30. The zero-order valence-corrected chi connectivity index (χ0v) is 23.5. The van der Waals surface area contributed by atoms with E-state index in [9.17, 15) is 0 Å². The highest BCUT2D eigenvalue weighted by Gasteiger charge is 2.41. The molecule has 0 N–H and O–H groups in total. The van der Waals surface area contributed by atoms with Crippen LogP contribution >= 0.6 is 11.8 Å². The van der Waals surface area contributed by atoms with Crippen molar-refractivity contribution in [1.29, 1.82) is 0 Å². The molecule has 1 heterocycles. The third-order valence-electron chi connectivity index (χ3n) is 9.34. The van der Waals surface area contributed by atoms with Crippen LogP contribution in [0.4, 0.5) is 0 Å². The van der Waals surface area contributed by atoms with E-state index in [2.05, 4.69) is 146 Å². The maximum atomic E-state index is 2.46. The predicted octanol–water partition coefficient (Wildman–Crippen LogP) is 11.1. The molecule has 0 spiro atoms. The van der Waals surface area contributed by atoms with Crippen molar-refractivity contribution < 1.29 is 0 Å². The highest BCUT2D eigenvalue weighted by atomic mass is 32.2. The Morgan fingerprint density at radius 1 is 0.488 bits per heavy atom. The number of fused-ring (bicyclic) bond motifs is 7. The Kier molecular flexibility index (Phi) is 4.77. The van der Waals surface area contributed by atoms with E-state index in [1.54, 1.807) is 0 Å². The van der Waals surface area contributed by atoms with Gasteiger partial charge in [0, 0.05) is 20.6 Å². The van der Waals surface area contributed by atoms with E-state index in [4.69, 9.17) is 0 Å². The summed E-state index contributed by atoms with van der Waals surface area (Å²) in [4.78, 5) is 2.67. The van der Waals surface area contributed by atoms with Crippen LogP contribution in [0.3, 0.4) is 0 Å². The van der Waals surface area contributed by atoms with Crippen molar-refractivity contribution >= 4 is 33.3 Å². The summed E-state index contributed by atoms with van der Waals surface area (Å²) < 4.78 is 0. The van der Waals surface area contributed by atoms with Crippen molar-refractivity contribution in [1.82, 2.24) is 0 Å². The topological polar surface area (TPSA) is 0 Å². The van der Waals surface area contributed by atoms with Crippen molar-refractivity contribution in [3.05, 3.63) is 156 Å². The number of benzene rings is 7. The molecule has 0 nitrogen and oxygen atoms in total. The summed E-state index contributed by atoms with van der Waals surface area (Å²) >= 11 is 1.89. The molecule has 1 heteroatoms. The summed E-state index contributed by atoms with van der Waals surface area (Å²) in [5, 5.41) is 5.30. The van der Waals surface area contributed by atoms with Gasteiger partial charge in [-0.05, 0) is 97.4 Å². The lowest BCUT2D eigenvalue weighted by atomic mass is 9.73. The van der Waals surface area contributed by atoms with Crippen molar-refractivity contribution in [3.8, 4) is 33.4 Å². The summed E-state index contributed by atoms with van der Waals surface area (Å²) in [5.74, 6) is 0. The molecule has 1 atom stereocenters. The molecule has 0 radical (unpaired) electrons. The molecule has 7 aromatic carbocycles. The van der Waals surface area contributed by atoms with Crippen LogP contribution in [0, 0.1) is 0 Å². The minimum atomic E-state index is -0.236. The molecule has 2 aliphatic rings. The minimum absolute atomic E-state index is 0.236. The second-order valence-corrected chi connectivity index (χ2v) is 12.5. The molecule has 0 saturated heterocycles. The van der Waals surface area contributed by atoms with Crippen LogP contribution < -0.4 is 0 Å². The van der Waals surface area contributed by atoms with Gasteiger partial charge in [0.05, 0.1) is 0 Å². The lowest BCUT2D eigenvalue weighted by Gasteiger charge is -2.29. The van der Waals surface area contributed by atoms with Gasteiger partial charge < -0.3 is 0 Å². The van der Waals surface area contributed by atoms with Gasteiger partial charge in [-0.1, -0.05) is 127 Å². The molecular weight excluding hydrogens is 513 g/mol. The summed E-state index contributed by atoms with van der Waals surface area (Å²) in [7, 11) is 0. The van der Waals surface area contributed by atoms with Crippen LogP contribution in [-0.2, 0) is 5.41 Å². The van der Waals surface area contributed by atoms with Crippen LogP contribution in [0.2, 0.25) is 0 Å². The van der Waals surface area contributed by atoms with E-state index in [0.717, 1.165) is 0 Å². The highest BCUT2D eigenvalue weighted by Crippen LogP contribution is 2.55. The Morgan fingerprint density at radius 3 is 2.15 bits per heavy atom. The van der Waals surface area contributed by atoms with Crippen molar-refractivity contribution in [2.24, 2.45) is 0 Å². The van der Waals surface area contributed by atoms with E-state index >= 15 is 0 Å². The molecule has 1 aliphatic carbocycles. The zero-order valence-electron chi connectivity index (χ0n) is 22.7. The van der Waals surface area contributed by atoms with E-state index in [1.807, 2.05) is 11.8 Å². The lowest BCUT2D eigenvalue weighted by Crippen LogP contribution is -2.22. The third kappa shape index (κ3) is 3.18. The third-order valence-corrected chi connectivity index (χ3v) is 10.5. The maximum Gasteiger partial charge on any atom is 0.0435 e. The molecule has 9 rings (SSSR count). The Bertz CT molecular complexity index is 2180. The Morgan fingerprint density at radius 2 is 1.24 bits per heavy atom. The molecule has 0 fully saturated rings. The number of hydrogen-bond acceptors (Lipinski definition) is 1. The first-order chi connectivity index (χ1) is 20.2. The average molecular weight is 539 g/mol. The Balaban J connectivity index is 1.27. The van der Waals surface area contributed by atoms with Crippen molar-refractivity contribution in [3.63, 3.8) is 0 Å². The van der Waals surface area contributed by atoms with Gasteiger partial charge in [-0.25, -0.2) is 0 Å².